The van der Waals surface area contributed by atoms with Crippen LogP contribution in [0, 0.1) is 0 Å². The Morgan fingerprint density at radius 2 is 1.67 bits per heavy atom. The summed E-state index contributed by atoms with van der Waals surface area (Å²) >= 11 is 0. The number of carbonyl (C=O) groups is 4. The quantitative estimate of drug-likeness (QED) is 0.445. The first-order valence-electron chi connectivity index (χ1n) is 9.43. The summed E-state index contributed by atoms with van der Waals surface area (Å²) in [5, 5.41) is 5.14. The molecule has 0 aliphatic heterocycles. The minimum Gasteiger partial charge on any atom is -0.497 e. The molecule has 0 unspecified atom stereocenters. The van der Waals surface area contributed by atoms with Crippen LogP contribution in [0.5, 0.6) is 5.75 Å². The van der Waals surface area contributed by atoms with Crippen LogP contribution in [-0.4, -0.2) is 76.2 Å². The zero-order chi connectivity index (χ0) is 22.4. The fraction of sp³-hybridized carbons (Fsp3) is 0.500. The van der Waals surface area contributed by atoms with Crippen LogP contribution < -0.4 is 15.4 Å². The second-order valence-corrected chi connectivity index (χ2v) is 6.29. The Hall–Kier alpha value is -3.14. The van der Waals surface area contributed by atoms with E-state index >= 15 is 0 Å². The first kappa shape index (κ1) is 24.9. The molecule has 10 heteroatoms. The first-order chi connectivity index (χ1) is 14.4. The van der Waals surface area contributed by atoms with Crippen molar-refractivity contribution in [3.63, 3.8) is 0 Å². The van der Waals surface area contributed by atoms with Crippen molar-refractivity contribution in [1.29, 1.82) is 0 Å². The molecular formula is C20H29N3O7. The molecule has 0 fully saturated rings. The van der Waals surface area contributed by atoms with Gasteiger partial charge in [0.25, 0.3) is 0 Å². The van der Waals surface area contributed by atoms with Crippen LogP contribution in [0.15, 0.2) is 24.3 Å². The van der Waals surface area contributed by atoms with Gasteiger partial charge in [-0.2, -0.15) is 0 Å². The Balaban J connectivity index is 2.46. The van der Waals surface area contributed by atoms with Crippen LogP contribution in [-0.2, 0) is 28.7 Å². The number of carbonyl (C=O) groups excluding carboxylic acids is 4. The standard InChI is InChI=1S/C20H29N3O7/c1-28-12-11-23(19(26)5-4-6-20(27)30-3)14-18(25)21-13-17(24)22-15-7-9-16(29-2)10-8-15/h7-10H,4-6,11-14H2,1-3H3,(H,21,25)(H,22,24). The second-order valence-electron chi connectivity index (χ2n) is 6.29. The van der Waals surface area contributed by atoms with Crippen molar-refractivity contribution < 1.29 is 33.4 Å². The van der Waals surface area contributed by atoms with Crippen LogP contribution >= 0.6 is 0 Å². The molecule has 0 bridgehead atoms. The maximum atomic E-state index is 12.3. The molecule has 0 aliphatic carbocycles. The Morgan fingerprint density at radius 3 is 2.27 bits per heavy atom. The van der Waals surface area contributed by atoms with Crippen molar-refractivity contribution in [2.45, 2.75) is 19.3 Å². The highest BCUT2D eigenvalue weighted by atomic mass is 16.5. The van der Waals surface area contributed by atoms with Crippen molar-refractivity contribution in [2.75, 3.05) is 52.9 Å². The Bertz CT molecular complexity index is 707. The minimum atomic E-state index is -0.475. The van der Waals surface area contributed by atoms with Gasteiger partial charge in [0, 0.05) is 32.2 Å². The summed E-state index contributed by atoms with van der Waals surface area (Å²) in [7, 11) is 4.32. The molecule has 0 aliphatic rings. The van der Waals surface area contributed by atoms with Crippen molar-refractivity contribution in [3.05, 3.63) is 24.3 Å². The lowest BCUT2D eigenvalue weighted by atomic mass is 10.2. The predicted molar refractivity (Wildman–Crippen MR) is 109 cm³/mol. The first-order valence-corrected chi connectivity index (χ1v) is 9.43. The van der Waals surface area contributed by atoms with E-state index in [0.29, 0.717) is 17.9 Å². The van der Waals surface area contributed by atoms with Gasteiger partial charge in [-0.3, -0.25) is 19.2 Å². The van der Waals surface area contributed by atoms with E-state index in [1.165, 1.54) is 19.1 Å². The lowest BCUT2D eigenvalue weighted by molar-refractivity contribution is -0.141. The number of hydrogen-bond acceptors (Lipinski definition) is 7. The third kappa shape index (κ3) is 9.87. The number of amides is 3. The molecule has 1 rings (SSSR count). The highest BCUT2D eigenvalue weighted by Crippen LogP contribution is 2.14. The summed E-state index contributed by atoms with van der Waals surface area (Å²) < 4.78 is 14.6. The molecule has 0 aromatic heterocycles. The summed E-state index contributed by atoms with van der Waals surface area (Å²) in [6.07, 6.45) is 0.545. The molecule has 30 heavy (non-hydrogen) atoms. The van der Waals surface area contributed by atoms with Gasteiger partial charge >= 0.3 is 5.97 Å². The third-order valence-electron chi connectivity index (χ3n) is 4.07. The van der Waals surface area contributed by atoms with Crippen molar-refractivity contribution in [2.24, 2.45) is 0 Å². The maximum absolute atomic E-state index is 12.3. The molecule has 0 heterocycles. The van der Waals surface area contributed by atoms with E-state index < -0.39 is 17.8 Å². The molecule has 0 spiro atoms. The number of hydrogen-bond donors (Lipinski definition) is 2. The number of nitrogens with one attached hydrogen (secondary N) is 2. The molecule has 1 aromatic carbocycles. The molecule has 3 amide bonds. The number of anilines is 1. The van der Waals surface area contributed by atoms with Gasteiger partial charge in [-0.1, -0.05) is 0 Å². The fourth-order valence-electron chi connectivity index (χ4n) is 2.43. The van der Waals surface area contributed by atoms with Crippen LogP contribution in [0.4, 0.5) is 5.69 Å². The normalized spacial score (nSPS) is 10.1. The monoisotopic (exact) mass is 423 g/mol. The predicted octanol–water partition coefficient (Wildman–Crippen LogP) is 0.568. The summed E-state index contributed by atoms with van der Waals surface area (Å²) in [5.41, 5.74) is 0.567. The van der Waals surface area contributed by atoms with E-state index in [4.69, 9.17) is 9.47 Å². The number of ether oxygens (including phenoxy) is 3. The van der Waals surface area contributed by atoms with Gasteiger partial charge in [-0.25, -0.2) is 0 Å². The van der Waals surface area contributed by atoms with Gasteiger partial charge in [0.1, 0.15) is 5.75 Å². The van der Waals surface area contributed by atoms with Gasteiger partial charge < -0.3 is 29.7 Å². The van der Waals surface area contributed by atoms with E-state index in [2.05, 4.69) is 15.4 Å². The average molecular weight is 423 g/mol. The molecule has 10 nitrogen and oxygen atoms in total. The SMILES string of the molecule is COCCN(CC(=O)NCC(=O)Nc1ccc(OC)cc1)C(=O)CCCC(=O)OC. The molecule has 2 N–H and O–H groups in total. The van der Waals surface area contributed by atoms with Crippen LogP contribution in [0.1, 0.15) is 19.3 Å². The van der Waals surface area contributed by atoms with Crippen LogP contribution in [0.2, 0.25) is 0 Å². The molecular weight excluding hydrogens is 394 g/mol. The van der Waals surface area contributed by atoms with Gasteiger partial charge in [0.05, 0.1) is 33.9 Å². The second kappa shape index (κ2) is 13.9. The van der Waals surface area contributed by atoms with E-state index in [-0.39, 0.29) is 45.0 Å². The van der Waals surface area contributed by atoms with Crippen molar-refractivity contribution in [1.82, 2.24) is 10.2 Å². The Morgan fingerprint density at radius 1 is 0.967 bits per heavy atom. The van der Waals surface area contributed by atoms with Crippen LogP contribution in [0.25, 0.3) is 0 Å². The summed E-state index contributed by atoms with van der Waals surface area (Å²) in [6.45, 7) is 0.0305. The molecule has 0 atom stereocenters. The van der Waals surface area contributed by atoms with Gasteiger partial charge in [-0.05, 0) is 30.7 Å². The number of methoxy groups -OCH3 is 3. The van der Waals surface area contributed by atoms with Gasteiger partial charge in [0.2, 0.25) is 17.7 Å². The number of benzene rings is 1. The minimum absolute atomic E-state index is 0.101. The smallest absolute Gasteiger partial charge is 0.305 e. The van der Waals surface area contributed by atoms with Crippen molar-refractivity contribution in [3.8, 4) is 5.75 Å². The van der Waals surface area contributed by atoms with Crippen molar-refractivity contribution >= 4 is 29.4 Å². The van der Waals surface area contributed by atoms with Crippen LogP contribution in [0.3, 0.4) is 0 Å². The highest BCUT2D eigenvalue weighted by Gasteiger charge is 2.18. The molecule has 0 saturated carbocycles. The largest absolute Gasteiger partial charge is 0.497 e. The maximum Gasteiger partial charge on any atom is 0.305 e. The molecule has 1 aromatic rings. The number of esters is 1. The van der Waals surface area contributed by atoms with Gasteiger partial charge in [-0.15, -0.1) is 0 Å². The third-order valence-corrected chi connectivity index (χ3v) is 4.07. The highest BCUT2D eigenvalue weighted by molar-refractivity contribution is 5.95. The molecule has 166 valence electrons. The zero-order valence-corrected chi connectivity index (χ0v) is 17.6. The van der Waals surface area contributed by atoms with E-state index in [0.717, 1.165) is 0 Å². The zero-order valence-electron chi connectivity index (χ0n) is 17.6. The Labute approximate surface area is 175 Å². The van der Waals surface area contributed by atoms with E-state index in [1.54, 1.807) is 31.4 Å². The van der Waals surface area contributed by atoms with Gasteiger partial charge in [0.15, 0.2) is 0 Å². The summed E-state index contributed by atoms with van der Waals surface area (Å²) in [6, 6.07) is 6.76. The fourth-order valence-corrected chi connectivity index (χ4v) is 2.43. The summed E-state index contributed by atoms with van der Waals surface area (Å²) in [5.74, 6) is -0.895. The number of nitrogens with zero attached hydrogens (tertiary/aromatic N) is 1. The lowest BCUT2D eigenvalue weighted by Gasteiger charge is -2.22. The average Bonchev–Trinajstić information content (AvgIpc) is 2.75. The topological polar surface area (TPSA) is 123 Å². The molecule has 0 saturated heterocycles. The number of rotatable bonds is 13. The summed E-state index contributed by atoms with van der Waals surface area (Å²) in [4.78, 5) is 49.0. The Kier molecular flexibility index (Phi) is 11.6. The van der Waals surface area contributed by atoms with E-state index in [1.807, 2.05) is 0 Å². The molecule has 0 radical (unpaired) electrons. The van der Waals surface area contributed by atoms with E-state index in [9.17, 15) is 19.2 Å². The lowest BCUT2D eigenvalue weighted by Crippen LogP contribution is -2.44.